The van der Waals surface area contributed by atoms with Crippen LogP contribution < -0.4 is 20.1 Å². The second-order valence-electron chi connectivity index (χ2n) is 9.32. The molecule has 0 bridgehead atoms. The summed E-state index contributed by atoms with van der Waals surface area (Å²) >= 11 is 0. The van der Waals surface area contributed by atoms with Crippen LogP contribution in [-0.2, 0) is 14.8 Å². The molecule has 1 aromatic heterocycles. The minimum atomic E-state index is -3.64. The van der Waals surface area contributed by atoms with Crippen molar-refractivity contribution >= 4 is 27.6 Å². The van der Waals surface area contributed by atoms with Crippen LogP contribution in [0.15, 0.2) is 30.5 Å². The second-order valence-corrected chi connectivity index (χ2v) is 11.8. The molecule has 1 aromatic carbocycles. The second kappa shape index (κ2) is 8.14. The number of nitrogens with one attached hydrogen (secondary N) is 1. The molecule has 1 saturated heterocycles. The lowest BCUT2D eigenvalue weighted by molar-refractivity contribution is 0.0378. The van der Waals surface area contributed by atoms with Crippen molar-refractivity contribution < 1.29 is 22.7 Å². The number of hydrogen-bond donors (Lipinski definition) is 2. The number of aromatic nitrogens is 2. The monoisotopic (exact) mass is 475 g/mol. The number of sulfonamides is 1. The van der Waals surface area contributed by atoms with Gasteiger partial charge in [0.1, 0.15) is 17.2 Å². The number of hydrogen-bond acceptors (Lipinski definition) is 9. The summed E-state index contributed by atoms with van der Waals surface area (Å²) in [5.41, 5.74) is 5.96. The molecule has 0 unspecified atom stereocenters. The number of rotatable bonds is 4. The number of ether oxygens (including phenoxy) is 2. The van der Waals surface area contributed by atoms with Crippen molar-refractivity contribution in [3.63, 3.8) is 0 Å². The van der Waals surface area contributed by atoms with Crippen LogP contribution in [0, 0.1) is 0 Å². The number of piperidine rings is 1. The van der Waals surface area contributed by atoms with Gasteiger partial charge in [0.25, 0.3) is 0 Å². The zero-order chi connectivity index (χ0) is 24.0. The van der Waals surface area contributed by atoms with Crippen molar-refractivity contribution in [3.05, 3.63) is 41.7 Å². The molecule has 3 N–H and O–H groups in total. The van der Waals surface area contributed by atoms with E-state index in [4.69, 9.17) is 15.2 Å². The van der Waals surface area contributed by atoms with Crippen molar-refractivity contribution in [1.29, 1.82) is 0 Å². The van der Waals surface area contributed by atoms with Crippen LogP contribution in [0.1, 0.15) is 55.7 Å². The Hall–Kier alpha value is -2.92. The Morgan fingerprint density at radius 2 is 1.94 bits per heavy atom. The molecule has 4 rings (SSSR count). The lowest BCUT2D eigenvalue weighted by atomic mass is 9.83. The summed E-state index contributed by atoms with van der Waals surface area (Å²) in [6, 6.07) is 6.96. The third-order valence-corrected chi connectivity index (χ3v) is 8.37. The predicted molar refractivity (Wildman–Crippen MR) is 124 cm³/mol. The molecule has 1 fully saturated rings. The van der Waals surface area contributed by atoms with E-state index in [2.05, 4.69) is 14.7 Å². The Kier molecular flexibility index (Phi) is 5.73. The lowest BCUT2D eigenvalue weighted by Crippen LogP contribution is -2.55. The Labute approximate surface area is 193 Å². The molecular weight excluding hydrogens is 446 g/mol. The van der Waals surface area contributed by atoms with E-state index in [1.54, 1.807) is 20.8 Å². The molecule has 2 aliphatic rings. The molecule has 0 saturated carbocycles. The molecule has 0 radical (unpaired) electrons. The molecule has 2 aromatic rings. The van der Waals surface area contributed by atoms with Gasteiger partial charge in [-0.25, -0.2) is 27.9 Å². The smallest absolute Gasteiger partial charge is 0.360 e. The molecule has 0 amide bonds. The number of carbonyl (C=O) groups is 1. The van der Waals surface area contributed by atoms with Crippen molar-refractivity contribution in [2.45, 2.75) is 50.0 Å². The van der Waals surface area contributed by atoms with Gasteiger partial charge in [0.05, 0.1) is 24.1 Å². The number of methoxy groups -OCH3 is 1. The highest BCUT2D eigenvalue weighted by molar-refractivity contribution is 7.90. The number of nitrogens with two attached hydrogens (primary N) is 1. The van der Waals surface area contributed by atoms with E-state index in [-0.39, 0.29) is 11.5 Å². The molecular formula is C22H29N5O5S. The van der Waals surface area contributed by atoms with Crippen LogP contribution in [0.4, 0.5) is 11.6 Å². The van der Waals surface area contributed by atoms with Crippen molar-refractivity contribution in [1.82, 2.24) is 14.7 Å². The van der Waals surface area contributed by atoms with Gasteiger partial charge in [-0.2, -0.15) is 0 Å². The molecule has 2 aliphatic heterocycles. The van der Waals surface area contributed by atoms with Gasteiger partial charge >= 0.3 is 5.97 Å². The van der Waals surface area contributed by atoms with E-state index in [9.17, 15) is 13.2 Å². The summed E-state index contributed by atoms with van der Waals surface area (Å²) in [4.78, 5) is 22.5. The molecule has 1 spiro atoms. The van der Waals surface area contributed by atoms with Gasteiger partial charge in [0.15, 0.2) is 11.5 Å². The number of nitrogen functional groups attached to an aromatic ring is 1. The molecule has 10 nitrogen and oxygen atoms in total. The Morgan fingerprint density at radius 1 is 1.27 bits per heavy atom. The van der Waals surface area contributed by atoms with Crippen LogP contribution in [0.3, 0.4) is 0 Å². The molecule has 0 aliphatic carbocycles. The quantitative estimate of drug-likeness (QED) is 0.636. The zero-order valence-electron chi connectivity index (χ0n) is 19.2. The van der Waals surface area contributed by atoms with E-state index < -0.39 is 32.4 Å². The maximum Gasteiger partial charge on any atom is 0.360 e. The molecule has 11 heteroatoms. The van der Waals surface area contributed by atoms with E-state index in [0.29, 0.717) is 37.5 Å². The number of para-hydroxylation sites is 1. The van der Waals surface area contributed by atoms with E-state index >= 15 is 0 Å². The van der Waals surface area contributed by atoms with Gasteiger partial charge < -0.3 is 20.1 Å². The van der Waals surface area contributed by atoms with E-state index in [1.807, 2.05) is 29.2 Å². The lowest BCUT2D eigenvalue weighted by Gasteiger charge is -2.43. The van der Waals surface area contributed by atoms with Gasteiger partial charge in [-0.05, 0) is 26.8 Å². The normalized spacial score (nSPS) is 19.8. The largest absolute Gasteiger partial charge is 0.485 e. The third-order valence-electron chi connectivity index (χ3n) is 6.21. The van der Waals surface area contributed by atoms with Crippen molar-refractivity contribution in [2.24, 2.45) is 0 Å². The molecule has 33 heavy (non-hydrogen) atoms. The van der Waals surface area contributed by atoms with Crippen LogP contribution in [0.25, 0.3) is 0 Å². The Balaban J connectivity index is 1.64. The first-order valence-electron chi connectivity index (χ1n) is 10.7. The SMILES string of the molecule is COC(=O)c1ncc(N)nc1N1CCC2(CC1)Oc1ccccc1[C@H]2NS(=O)(=O)C(C)(C)C. The van der Waals surface area contributed by atoms with Gasteiger partial charge in [-0.1, -0.05) is 18.2 Å². The van der Waals surface area contributed by atoms with E-state index in [0.717, 1.165) is 5.56 Å². The van der Waals surface area contributed by atoms with Crippen molar-refractivity contribution in [3.8, 4) is 5.75 Å². The van der Waals surface area contributed by atoms with Gasteiger partial charge in [0, 0.05) is 31.5 Å². The summed E-state index contributed by atoms with van der Waals surface area (Å²) in [5.74, 6) is 0.613. The van der Waals surface area contributed by atoms with Crippen LogP contribution >= 0.6 is 0 Å². The summed E-state index contributed by atoms with van der Waals surface area (Å²) in [5, 5.41) is 0. The first-order chi connectivity index (χ1) is 15.5. The Morgan fingerprint density at radius 3 is 2.58 bits per heavy atom. The minimum absolute atomic E-state index is 0.0864. The fraction of sp³-hybridized carbons (Fsp3) is 0.500. The topological polar surface area (TPSA) is 137 Å². The molecule has 178 valence electrons. The number of fused-ring (bicyclic) bond motifs is 1. The number of carbonyl (C=O) groups excluding carboxylic acids is 1. The summed E-state index contributed by atoms with van der Waals surface area (Å²) in [6.07, 6.45) is 2.31. The average molecular weight is 476 g/mol. The number of benzene rings is 1. The van der Waals surface area contributed by atoms with Crippen LogP contribution in [0.2, 0.25) is 0 Å². The summed E-state index contributed by atoms with van der Waals surface area (Å²) in [7, 11) is -2.35. The van der Waals surface area contributed by atoms with Crippen molar-refractivity contribution in [2.75, 3.05) is 30.8 Å². The fourth-order valence-corrected chi connectivity index (χ4v) is 5.22. The predicted octanol–water partition coefficient (Wildman–Crippen LogP) is 2.04. The van der Waals surface area contributed by atoms with Crippen LogP contribution in [-0.4, -0.2) is 54.9 Å². The highest BCUT2D eigenvalue weighted by Gasteiger charge is 2.52. The fourth-order valence-electron chi connectivity index (χ4n) is 4.22. The molecule has 3 heterocycles. The number of nitrogens with zero attached hydrogens (tertiary/aromatic N) is 3. The molecule has 1 atom stereocenters. The first kappa shape index (κ1) is 23.2. The first-order valence-corrected chi connectivity index (χ1v) is 12.2. The minimum Gasteiger partial charge on any atom is -0.485 e. The van der Waals surface area contributed by atoms with Gasteiger partial charge in [-0.15, -0.1) is 0 Å². The Bertz CT molecular complexity index is 1170. The maximum absolute atomic E-state index is 13.1. The highest BCUT2D eigenvalue weighted by atomic mass is 32.2. The number of anilines is 2. The van der Waals surface area contributed by atoms with E-state index in [1.165, 1.54) is 13.3 Å². The third kappa shape index (κ3) is 4.10. The van der Waals surface area contributed by atoms with Crippen LogP contribution in [0.5, 0.6) is 5.75 Å². The zero-order valence-corrected chi connectivity index (χ0v) is 20.0. The average Bonchev–Trinajstić information content (AvgIpc) is 3.05. The number of esters is 1. The highest BCUT2D eigenvalue weighted by Crippen LogP contribution is 2.49. The van der Waals surface area contributed by atoms with Gasteiger partial charge in [-0.3, -0.25) is 0 Å². The van der Waals surface area contributed by atoms with Gasteiger partial charge in [0.2, 0.25) is 10.0 Å². The standard InChI is InChI=1S/C22H29N5O5S/c1-21(2,3)33(29,30)26-18-14-7-5-6-8-15(14)32-22(18)9-11-27(12-10-22)19-17(20(28)31-4)24-13-16(23)25-19/h5-8,13,18,26H,9-12H2,1-4H3,(H2,23,25)/t18-/m1/s1. The maximum atomic E-state index is 13.1. The summed E-state index contributed by atoms with van der Waals surface area (Å²) in [6.45, 7) is 5.92. The summed E-state index contributed by atoms with van der Waals surface area (Å²) < 4.78 is 39.3.